The lowest BCUT2D eigenvalue weighted by molar-refractivity contribution is 0.301. The van der Waals surface area contributed by atoms with Gasteiger partial charge < -0.3 is 15.4 Å². The molecule has 1 aliphatic carbocycles. The predicted molar refractivity (Wildman–Crippen MR) is 111 cm³/mol. The topological polar surface area (TPSA) is 58.5 Å². The van der Waals surface area contributed by atoms with Gasteiger partial charge in [0.2, 0.25) is 0 Å². The summed E-state index contributed by atoms with van der Waals surface area (Å²) in [5.74, 6) is 2.54. The minimum atomic E-state index is 0. The quantitative estimate of drug-likeness (QED) is 0.385. The molecule has 0 saturated heterocycles. The third-order valence-electron chi connectivity index (χ3n) is 3.97. The molecule has 1 aromatic carbocycles. The molecule has 25 heavy (non-hydrogen) atoms. The molecule has 1 aromatic heterocycles. The molecule has 6 heteroatoms. The Morgan fingerprint density at radius 1 is 1.16 bits per heavy atom. The fraction of sp³-hybridized carbons (Fsp3) is 0.368. The fourth-order valence-corrected chi connectivity index (χ4v) is 2.31. The number of nitrogens with one attached hydrogen (secondary N) is 2. The lowest BCUT2D eigenvalue weighted by Gasteiger charge is -2.12. The molecule has 1 fully saturated rings. The van der Waals surface area contributed by atoms with Crippen molar-refractivity contribution in [3.8, 4) is 5.75 Å². The molecule has 0 atom stereocenters. The van der Waals surface area contributed by atoms with Crippen molar-refractivity contribution >= 4 is 29.9 Å². The predicted octanol–water partition coefficient (Wildman–Crippen LogP) is 3.35. The van der Waals surface area contributed by atoms with Crippen molar-refractivity contribution in [2.75, 3.05) is 13.6 Å². The van der Waals surface area contributed by atoms with E-state index in [1.165, 1.54) is 18.4 Å². The monoisotopic (exact) mass is 452 g/mol. The molecule has 1 saturated carbocycles. The molecule has 1 aliphatic rings. The Morgan fingerprint density at radius 3 is 2.60 bits per heavy atom. The van der Waals surface area contributed by atoms with E-state index in [2.05, 4.69) is 32.7 Å². The molecular formula is C19H25IN4O. The van der Waals surface area contributed by atoms with Crippen LogP contribution in [0.25, 0.3) is 0 Å². The normalized spacial score (nSPS) is 13.7. The second-order valence-corrected chi connectivity index (χ2v) is 6.00. The van der Waals surface area contributed by atoms with Gasteiger partial charge in [0.15, 0.2) is 5.96 Å². The standard InChI is InChI=1S/C19H24N4O.HI/c1-20-19(22-12-15-5-6-15)23-13-16-7-9-18(10-8-16)24-14-17-4-2-3-11-21-17;/h2-4,7-11,15H,5-6,12-14H2,1H3,(H2,20,22,23);1H. The number of benzene rings is 1. The summed E-state index contributed by atoms with van der Waals surface area (Å²) < 4.78 is 5.75. The highest BCUT2D eigenvalue weighted by atomic mass is 127. The van der Waals surface area contributed by atoms with Crippen LogP contribution in [0, 0.1) is 5.92 Å². The number of halogens is 1. The summed E-state index contributed by atoms with van der Waals surface area (Å²) in [4.78, 5) is 8.49. The molecule has 0 radical (unpaired) electrons. The number of pyridine rings is 1. The number of aromatic nitrogens is 1. The van der Waals surface area contributed by atoms with Crippen LogP contribution in [0.1, 0.15) is 24.1 Å². The Hall–Kier alpha value is -1.83. The van der Waals surface area contributed by atoms with Crippen LogP contribution in [-0.2, 0) is 13.2 Å². The van der Waals surface area contributed by atoms with Crippen LogP contribution in [0.5, 0.6) is 5.75 Å². The lowest BCUT2D eigenvalue weighted by Crippen LogP contribution is -2.37. The zero-order chi connectivity index (χ0) is 16.6. The van der Waals surface area contributed by atoms with Crippen LogP contribution >= 0.6 is 24.0 Å². The average molecular weight is 452 g/mol. The van der Waals surface area contributed by atoms with Crippen LogP contribution in [0.15, 0.2) is 53.7 Å². The van der Waals surface area contributed by atoms with E-state index in [0.717, 1.165) is 36.4 Å². The van der Waals surface area contributed by atoms with Crippen molar-refractivity contribution in [3.63, 3.8) is 0 Å². The second kappa shape index (κ2) is 10.2. The van der Waals surface area contributed by atoms with E-state index in [0.29, 0.717) is 6.61 Å². The number of guanidine groups is 1. The zero-order valence-electron chi connectivity index (χ0n) is 14.4. The molecule has 0 bridgehead atoms. The maximum Gasteiger partial charge on any atom is 0.191 e. The summed E-state index contributed by atoms with van der Waals surface area (Å²) in [7, 11) is 1.80. The Kier molecular flexibility index (Phi) is 7.97. The summed E-state index contributed by atoms with van der Waals surface area (Å²) in [6.07, 6.45) is 4.45. The lowest BCUT2D eigenvalue weighted by atomic mass is 10.2. The molecule has 1 heterocycles. The number of hydrogen-bond acceptors (Lipinski definition) is 3. The highest BCUT2D eigenvalue weighted by Crippen LogP contribution is 2.27. The van der Waals surface area contributed by atoms with Crippen LogP contribution < -0.4 is 15.4 Å². The van der Waals surface area contributed by atoms with Crippen LogP contribution in [-0.4, -0.2) is 24.5 Å². The van der Waals surface area contributed by atoms with Gasteiger partial charge in [0.05, 0.1) is 5.69 Å². The molecule has 0 unspecified atom stereocenters. The van der Waals surface area contributed by atoms with Gasteiger partial charge in [0.1, 0.15) is 12.4 Å². The smallest absolute Gasteiger partial charge is 0.191 e. The van der Waals surface area contributed by atoms with Gasteiger partial charge in [-0.1, -0.05) is 18.2 Å². The van der Waals surface area contributed by atoms with Crippen molar-refractivity contribution in [1.29, 1.82) is 0 Å². The number of ether oxygens (including phenoxy) is 1. The van der Waals surface area contributed by atoms with Gasteiger partial charge in [-0.3, -0.25) is 9.98 Å². The van der Waals surface area contributed by atoms with Crippen LogP contribution in [0.4, 0.5) is 0 Å². The third-order valence-corrected chi connectivity index (χ3v) is 3.97. The number of hydrogen-bond donors (Lipinski definition) is 2. The number of rotatable bonds is 7. The van der Waals surface area contributed by atoms with E-state index < -0.39 is 0 Å². The first-order chi connectivity index (χ1) is 11.8. The van der Waals surface area contributed by atoms with Gasteiger partial charge >= 0.3 is 0 Å². The third kappa shape index (κ3) is 6.89. The number of nitrogens with zero attached hydrogens (tertiary/aromatic N) is 2. The van der Waals surface area contributed by atoms with E-state index >= 15 is 0 Å². The molecule has 3 rings (SSSR count). The van der Waals surface area contributed by atoms with Crippen molar-refractivity contribution in [3.05, 3.63) is 59.9 Å². The first kappa shape index (κ1) is 19.5. The van der Waals surface area contributed by atoms with Crippen molar-refractivity contribution in [2.24, 2.45) is 10.9 Å². The van der Waals surface area contributed by atoms with E-state index in [1.807, 2.05) is 30.3 Å². The van der Waals surface area contributed by atoms with Gasteiger partial charge in [-0.2, -0.15) is 0 Å². The molecule has 2 aromatic rings. The highest BCUT2D eigenvalue weighted by Gasteiger charge is 2.20. The van der Waals surface area contributed by atoms with Crippen molar-refractivity contribution < 1.29 is 4.74 Å². The maximum atomic E-state index is 5.75. The summed E-state index contributed by atoms with van der Waals surface area (Å²) in [6.45, 7) is 2.24. The Bertz CT molecular complexity index is 657. The summed E-state index contributed by atoms with van der Waals surface area (Å²) >= 11 is 0. The maximum absolute atomic E-state index is 5.75. The summed E-state index contributed by atoms with van der Waals surface area (Å²) in [6, 6.07) is 13.9. The summed E-state index contributed by atoms with van der Waals surface area (Å²) in [5.41, 5.74) is 2.11. The molecule has 0 spiro atoms. The zero-order valence-corrected chi connectivity index (χ0v) is 16.8. The van der Waals surface area contributed by atoms with Gasteiger partial charge in [0, 0.05) is 26.3 Å². The first-order valence-corrected chi connectivity index (χ1v) is 8.39. The highest BCUT2D eigenvalue weighted by molar-refractivity contribution is 14.0. The molecule has 2 N–H and O–H groups in total. The van der Waals surface area contributed by atoms with Gasteiger partial charge in [-0.05, 0) is 48.6 Å². The van der Waals surface area contributed by atoms with Gasteiger partial charge in [-0.15, -0.1) is 24.0 Å². The Labute approximate surface area is 166 Å². The largest absolute Gasteiger partial charge is 0.487 e. The first-order valence-electron chi connectivity index (χ1n) is 8.39. The minimum absolute atomic E-state index is 0. The Balaban J connectivity index is 0.00000225. The molecule has 0 aliphatic heterocycles. The van der Waals surface area contributed by atoms with Gasteiger partial charge in [0.25, 0.3) is 0 Å². The molecule has 0 amide bonds. The molecule has 134 valence electrons. The Morgan fingerprint density at radius 2 is 1.96 bits per heavy atom. The second-order valence-electron chi connectivity index (χ2n) is 6.00. The van der Waals surface area contributed by atoms with E-state index in [-0.39, 0.29) is 24.0 Å². The van der Waals surface area contributed by atoms with E-state index in [1.54, 1.807) is 13.2 Å². The van der Waals surface area contributed by atoms with Crippen molar-refractivity contribution in [2.45, 2.75) is 26.0 Å². The minimum Gasteiger partial charge on any atom is -0.487 e. The van der Waals surface area contributed by atoms with E-state index in [9.17, 15) is 0 Å². The van der Waals surface area contributed by atoms with Crippen molar-refractivity contribution in [1.82, 2.24) is 15.6 Å². The summed E-state index contributed by atoms with van der Waals surface area (Å²) in [5, 5.41) is 6.69. The van der Waals surface area contributed by atoms with Crippen LogP contribution in [0.2, 0.25) is 0 Å². The molecular weight excluding hydrogens is 427 g/mol. The SMILES string of the molecule is CN=C(NCc1ccc(OCc2ccccn2)cc1)NCC1CC1.I. The van der Waals surface area contributed by atoms with E-state index in [4.69, 9.17) is 4.74 Å². The average Bonchev–Trinajstić information content (AvgIpc) is 3.46. The molecule has 5 nitrogen and oxygen atoms in total. The fourth-order valence-electron chi connectivity index (χ4n) is 2.31. The van der Waals surface area contributed by atoms with Gasteiger partial charge in [-0.25, -0.2) is 0 Å². The number of aliphatic imine (C=N–C) groups is 1. The van der Waals surface area contributed by atoms with Crippen LogP contribution in [0.3, 0.4) is 0 Å².